The van der Waals surface area contributed by atoms with Crippen molar-refractivity contribution in [1.82, 2.24) is 39.1 Å². The lowest BCUT2D eigenvalue weighted by Gasteiger charge is -2.00. The highest BCUT2D eigenvalue weighted by molar-refractivity contribution is 5.55. The van der Waals surface area contributed by atoms with Crippen LogP contribution >= 0.6 is 0 Å². The average molecular weight is 378 g/mol. The number of nitrogens with zero attached hydrogens (tertiary/aromatic N) is 8. The van der Waals surface area contributed by atoms with Crippen molar-refractivity contribution in [2.75, 3.05) is 7.11 Å². The first-order chi connectivity index (χ1) is 13.6. The Morgan fingerprint density at radius 1 is 1.18 bits per heavy atom. The van der Waals surface area contributed by atoms with E-state index in [1.54, 1.807) is 11.6 Å². The molecule has 9 heteroatoms. The summed E-state index contributed by atoms with van der Waals surface area (Å²) in [7, 11) is 3.55. The molecule has 4 aromatic rings. The fraction of sp³-hybridized carbons (Fsp3) is 0.421. The van der Waals surface area contributed by atoms with Gasteiger partial charge in [0.1, 0.15) is 5.69 Å². The van der Waals surface area contributed by atoms with Crippen LogP contribution in [0.4, 0.5) is 0 Å². The van der Waals surface area contributed by atoms with Gasteiger partial charge in [0.05, 0.1) is 19.0 Å². The maximum absolute atomic E-state index is 5.25. The van der Waals surface area contributed by atoms with Crippen molar-refractivity contribution in [3.8, 4) is 17.4 Å². The highest BCUT2D eigenvalue weighted by atomic mass is 16.5. The number of fused-ring (bicyclic) bond motifs is 1. The van der Waals surface area contributed by atoms with Crippen LogP contribution in [0.5, 0.6) is 5.88 Å². The van der Waals surface area contributed by atoms with Gasteiger partial charge in [0.15, 0.2) is 0 Å². The van der Waals surface area contributed by atoms with E-state index >= 15 is 0 Å². The van der Waals surface area contributed by atoms with Gasteiger partial charge in [0.25, 0.3) is 5.78 Å². The molecule has 9 nitrogen and oxygen atoms in total. The van der Waals surface area contributed by atoms with Crippen LogP contribution in [-0.4, -0.2) is 46.3 Å². The molecule has 28 heavy (non-hydrogen) atoms. The number of rotatable bonds is 5. The third kappa shape index (κ3) is 2.65. The standard InChI is InChI=1S/C19H22N8O/c1-5-26-16(18-22-19-21-17(28-4)6-11(2)27(19)24-18)8-15(23-26)14-7-13(14)12-9-20-25(3)10-12/h6,8-10,13-14H,5,7H2,1-4H3. The molecule has 4 aromatic heterocycles. The predicted octanol–water partition coefficient (Wildman–Crippen LogP) is 2.33. The van der Waals surface area contributed by atoms with E-state index in [0.29, 0.717) is 29.3 Å². The van der Waals surface area contributed by atoms with Crippen molar-refractivity contribution < 1.29 is 4.74 Å². The van der Waals surface area contributed by atoms with Crippen molar-refractivity contribution in [1.29, 1.82) is 0 Å². The van der Waals surface area contributed by atoms with Crippen LogP contribution in [0.15, 0.2) is 24.5 Å². The molecule has 4 heterocycles. The molecule has 0 spiro atoms. The second kappa shape index (κ2) is 6.15. The van der Waals surface area contributed by atoms with Gasteiger partial charge in [0.2, 0.25) is 11.7 Å². The topological polar surface area (TPSA) is 88.0 Å². The lowest BCUT2D eigenvalue weighted by Crippen LogP contribution is -2.01. The molecule has 0 saturated heterocycles. The molecule has 0 N–H and O–H groups in total. The average Bonchev–Trinajstić information content (AvgIpc) is 3.04. The predicted molar refractivity (Wildman–Crippen MR) is 102 cm³/mol. The minimum Gasteiger partial charge on any atom is -0.481 e. The van der Waals surface area contributed by atoms with Crippen LogP contribution in [-0.2, 0) is 13.6 Å². The zero-order valence-corrected chi connectivity index (χ0v) is 16.4. The maximum Gasteiger partial charge on any atom is 0.256 e. The molecule has 0 amide bonds. The summed E-state index contributed by atoms with van der Waals surface area (Å²) in [6, 6.07) is 3.96. The minimum absolute atomic E-state index is 0.424. The van der Waals surface area contributed by atoms with Gasteiger partial charge in [-0.1, -0.05) is 0 Å². The first-order valence-corrected chi connectivity index (χ1v) is 9.42. The van der Waals surface area contributed by atoms with Gasteiger partial charge in [-0.05, 0) is 37.8 Å². The van der Waals surface area contributed by atoms with Crippen molar-refractivity contribution in [2.24, 2.45) is 7.05 Å². The number of ether oxygens (including phenoxy) is 1. The summed E-state index contributed by atoms with van der Waals surface area (Å²) in [5.74, 6) is 2.60. The van der Waals surface area contributed by atoms with E-state index in [9.17, 15) is 0 Å². The molecule has 0 radical (unpaired) electrons. The van der Waals surface area contributed by atoms with Crippen LogP contribution < -0.4 is 4.74 Å². The molecule has 1 saturated carbocycles. The Labute approximate surface area is 162 Å². The SMILES string of the molecule is CCn1nc(C2CC2c2cnn(C)c2)cc1-c1nc2nc(OC)cc(C)n2n1. The van der Waals surface area contributed by atoms with E-state index in [2.05, 4.69) is 39.4 Å². The van der Waals surface area contributed by atoms with Crippen molar-refractivity contribution in [3.05, 3.63) is 41.5 Å². The smallest absolute Gasteiger partial charge is 0.256 e. The Hall–Kier alpha value is -3.23. The largest absolute Gasteiger partial charge is 0.481 e. The highest BCUT2D eigenvalue weighted by Gasteiger charge is 2.42. The molecule has 2 atom stereocenters. The monoisotopic (exact) mass is 378 g/mol. The van der Waals surface area contributed by atoms with Gasteiger partial charge in [-0.3, -0.25) is 9.36 Å². The Morgan fingerprint density at radius 3 is 2.75 bits per heavy atom. The number of methoxy groups -OCH3 is 1. The zero-order chi connectivity index (χ0) is 19.4. The molecular weight excluding hydrogens is 356 g/mol. The normalized spacial score (nSPS) is 18.7. The van der Waals surface area contributed by atoms with Crippen molar-refractivity contribution in [2.45, 2.75) is 38.6 Å². The molecule has 1 fully saturated rings. The summed E-state index contributed by atoms with van der Waals surface area (Å²) in [6.45, 7) is 4.79. The summed E-state index contributed by atoms with van der Waals surface area (Å²) >= 11 is 0. The number of hydrogen-bond donors (Lipinski definition) is 0. The van der Waals surface area contributed by atoms with E-state index in [-0.39, 0.29) is 0 Å². The highest BCUT2D eigenvalue weighted by Crippen LogP contribution is 2.54. The van der Waals surface area contributed by atoms with Crippen LogP contribution in [0.25, 0.3) is 17.3 Å². The van der Waals surface area contributed by atoms with Crippen molar-refractivity contribution >= 4 is 5.78 Å². The fourth-order valence-electron chi connectivity index (χ4n) is 3.76. The third-order valence-corrected chi connectivity index (χ3v) is 5.33. The second-order valence-corrected chi connectivity index (χ2v) is 7.25. The van der Waals surface area contributed by atoms with E-state index in [4.69, 9.17) is 9.84 Å². The van der Waals surface area contributed by atoms with E-state index in [0.717, 1.165) is 30.0 Å². The minimum atomic E-state index is 0.424. The maximum atomic E-state index is 5.25. The van der Waals surface area contributed by atoms with E-state index < -0.39 is 0 Å². The second-order valence-electron chi connectivity index (χ2n) is 7.25. The van der Waals surface area contributed by atoms with E-state index in [1.165, 1.54) is 5.56 Å². The summed E-state index contributed by atoms with van der Waals surface area (Å²) in [5.41, 5.74) is 4.20. The lowest BCUT2D eigenvalue weighted by atomic mass is 10.1. The van der Waals surface area contributed by atoms with Crippen LogP contribution in [0.2, 0.25) is 0 Å². The lowest BCUT2D eigenvalue weighted by molar-refractivity contribution is 0.397. The first kappa shape index (κ1) is 16.9. The van der Waals surface area contributed by atoms with Gasteiger partial charge in [0, 0.05) is 37.5 Å². The van der Waals surface area contributed by atoms with Gasteiger partial charge >= 0.3 is 0 Å². The molecular formula is C19H22N8O. The Bertz CT molecular complexity index is 1170. The van der Waals surface area contributed by atoms with Gasteiger partial charge in [-0.15, -0.1) is 5.10 Å². The number of aromatic nitrogens is 8. The zero-order valence-electron chi connectivity index (χ0n) is 16.4. The summed E-state index contributed by atoms with van der Waals surface area (Å²) in [4.78, 5) is 9.01. The molecule has 1 aliphatic rings. The Balaban J connectivity index is 1.51. The molecule has 0 bridgehead atoms. The molecule has 144 valence electrons. The Kier molecular flexibility index (Phi) is 3.71. The number of hydrogen-bond acceptors (Lipinski definition) is 6. The molecule has 0 aliphatic heterocycles. The molecule has 0 aromatic carbocycles. The van der Waals surface area contributed by atoms with Gasteiger partial charge in [-0.2, -0.15) is 20.2 Å². The van der Waals surface area contributed by atoms with Gasteiger partial charge < -0.3 is 4.74 Å². The molecule has 5 rings (SSSR count). The van der Waals surface area contributed by atoms with Crippen LogP contribution in [0, 0.1) is 6.92 Å². The molecule has 2 unspecified atom stereocenters. The quantitative estimate of drug-likeness (QED) is 0.530. The summed E-state index contributed by atoms with van der Waals surface area (Å²) in [6.07, 6.45) is 5.14. The van der Waals surface area contributed by atoms with Crippen LogP contribution in [0.1, 0.15) is 42.1 Å². The van der Waals surface area contributed by atoms with Gasteiger partial charge in [-0.25, -0.2) is 4.52 Å². The summed E-state index contributed by atoms with van der Waals surface area (Å²) < 4.78 is 10.8. The third-order valence-electron chi connectivity index (χ3n) is 5.33. The van der Waals surface area contributed by atoms with Crippen molar-refractivity contribution in [3.63, 3.8) is 0 Å². The fourth-order valence-corrected chi connectivity index (χ4v) is 3.76. The number of aryl methyl sites for hydroxylation is 3. The Morgan fingerprint density at radius 2 is 2.04 bits per heavy atom. The molecule has 1 aliphatic carbocycles. The first-order valence-electron chi connectivity index (χ1n) is 9.42. The van der Waals surface area contributed by atoms with E-state index in [1.807, 2.05) is 35.6 Å². The van der Waals surface area contributed by atoms with Crippen LogP contribution in [0.3, 0.4) is 0 Å². The summed E-state index contributed by atoms with van der Waals surface area (Å²) in [5, 5.41) is 13.8.